The van der Waals surface area contributed by atoms with Gasteiger partial charge < -0.3 is 19.5 Å². The molecule has 3 aliphatic heterocycles. The smallest absolute Gasteiger partial charge is 0.408 e. The second-order valence-corrected chi connectivity index (χ2v) is 9.92. The maximum atomic E-state index is 10.7. The molecule has 0 amide bonds. The molecule has 10 nitrogen and oxygen atoms in total. The quantitative estimate of drug-likeness (QED) is 0.496. The molecule has 5 heterocycles. The molecule has 6 rings (SSSR count). The first kappa shape index (κ1) is 23.6. The van der Waals surface area contributed by atoms with Crippen LogP contribution >= 0.6 is 0 Å². The van der Waals surface area contributed by atoms with E-state index in [9.17, 15) is 5.11 Å². The molecule has 0 radical (unpaired) electrons. The molecule has 0 spiro atoms. The number of piperidine rings is 1. The number of β-amino-alcohol motifs (C(OH)–C–C–N with tert-alkyl or cyclic N) is 1. The van der Waals surface area contributed by atoms with Crippen LogP contribution in [-0.2, 0) is 11.8 Å². The summed E-state index contributed by atoms with van der Waals surface area (Å²) in [5.41, 5.74) is 5.50. The number of aryl methyl sites for hydroxylation is 1. The van der Waals surface area contributed by atoms with E-state index in [0.29, 0.717) is 32.1 Å². The number of fused-ring (bicyclic) bond motifs is 3. The number of likely N-dealkylation sites (N-methyl/N-ethyl adjacent to an activating group) is 1. The molecule has 2 atom stereocenters. The number of benzene rings is 1. The molecule has 37 heavy (non-hydrogen) atoms. The summed E-state index contributed by atoms with van der Waals surface area (Å²) < 4.78 is 16.0. The maximum absolute atomic E-state index is 10.7. The third-order valence-corrected chi connectivity index (χ3v) is 7.22. The van der Waals surface area contributed by atoms with Crippen molar-refractivity contribution in [1.29, 1.82) is 0 Å². The van der Waals surface area contributed by atoms with Crippen molar-refractivity contribution >= 4 is 28.9 Å². The Labute approximate surface area is 215 Å². The van der Waals surface area contributed by atoms with Gasteiger partial charge in [0.25, 0.3) is 0 Å². The number of rotatable bonds is 1. The van der Waals surface area contributed by atoms with Gasteiger partial charge in [-0.1, -0.05) is 6.07 Å². The van der Waals surface area contributed by atoms with Crippen LogP contribution in [0.25, 0.3) is 28.1 Å². The second-order valence-electron chi connectivity index (χ2n) is 9.92. The number of likely N-dealkylation sites (tertiary alicyclic amines) is 1. The van der Waals surface area contributed by atoms with Gasteiger partial charge in [0.15, 0.2) is 6.21 Å². The van der Waals surface area contributed by atoms with Gasteiger partial charge in [-0.3, -0.25) is 5.10 Å². The maximum Gasteiger partial charge on any atom is 0.408 e. The second kappa shape index (κ2) is 9.60. The van der Waals surface area contributed by atoms with E-state index in [1.54, 1.807) is 9.37 Å². The summed E-state index contributed by atoms with van der Waals surface area (Å²) in [6.45, 7) is 4.51. The number of hydrogen-bond donors (Lipinski definition) is 2. The Morgan fingerprint density at radius 1 is 1.19 bits per heavy atom. The van der Waals surface area contributed by atoms with E-state index in [4.69, 9.17) is 14.6 Å². The summed E-state index contributed by atoms with van der Waals surface area (Å²) in [4.78, 5) is 2.15. The molecule has 1 fully saturated rings. The summed E-state index contributed by atoms with van der Waals surface area (Å²) in [5.74, 6) is 1.40. The number of aromatic amines is 1. The van der Waals surface area contributed by atoms with Crippen molar-refractivity contribution in [2.24, 2.45) is 18.1 Å². The van der Waals surface area contributed by atoms with E-state index in [1.807, 2.05) is 57.7 Å². The van der Waals surface area contributed by atoms with Gasteiger partial charge in [-0.2, -0.15) is 10.2 Å². The van der Waals surface area contributed by atoms with Crippen molar-refractivity contribution in [2.45, 2.75) is 25.9 Å². The zero-order valence-corrected chi connectivity index (χ0v) is 21.4. The third kappa shape index (κ3) is 4.47. The Bertz CT molecular complexity index is 1460. The van der Waals surface area contributed by atoms with Crippen molar-refractivity contribution in [3.8, 4) is 17.0 Å². The van der Waals surface area contributed by atoms with Crippen LogP contribution in [0, 0.1) is 5.92 Å². The minimum absolute atomic E-state index is 0.00496. The van der Waals surface area contributed by atoms with E-state index in [0.717, 1.165) is 57.9 Å². The lowest BCUT2D eigenvalue weighted by Gasteiger charge is -2.30. The van der Waals surface area contributed by atoms with Crippen molar-refractivity contribution < 1.29 is 19.3 Å². The Kier molecular flexibility index (Phi) is 6.13. The first-order chi connectivity index (χ1) is 18.0. The van der Waals surface area contributed by atoms with Gasteiger partial charge in [0.2, 0.25) is 5.88 Å². The minimum Gasteiger partial charge on any atom is -0.477 e. The summed E-state index contributed by atoms with van der Waals surface area (Å²) in [5, 5.41) is 28.5. The molecular weight excluding hydrogens is 470 g/mol. The Hall–Kier alpha value is -3.76. The standard InChI is InChI=1S/C27H32N7O3/c1-17-20-6-8-24-21-13-18(5-7-23(21)29-30-24)22-14-28-33(3)26(22)36-11-4-12-37-27(20)34(31-17)15-19-9-10-32(2)16-25(19)35/h5-8,13-15,19,25,35H,4,9-12,16H2,1-3H3,(H,29,30)/q+1/b8-6+,34-15-/t19?,25-/m0/s1. The number of allylic oxidation sites excluding steroid dienone is 2. The van der Waals surface area contributed by atoms with Crippen LogP contribution in [0.15, 0.2) is 47.0 Å². The molecule has 0 saturated carbocycles. The van der Waals surface area contributed by atoms with E-state index in [1.165, 1.54) is 0 Å². The molecule has 2 bridgehead atoms. The molecule has 1 aromatic carbocycles. The fraction of sp³-hybridized carbons (Fsp3) is 0.407. The topological polar surface area (TPSA) is 104 Å². The van der Waals surface area contributed by atoms with E-state index in [-0.39, 0.29) is 5.92 Å². The fourth-order valence-corrected chi connectivity index (χ4v) is 5.12. The average molecular weight is 503 g/mol. The predicted octanol–water partition coefficient (Wildman–Crippen LogP) is 2.77. The Balaban J connectivity index is 1.40. The van der Waals surface area contributed by atoms with Crippen LogP contribution in [0.4, 0.5) is 0 Å². The number of ether oxygens (including phenoxy) is 2. The molecule has 0 aliphatic carbocycles. The lowest BCUT2D eigenvalue weighted by atomic mass is 9.95. The molecule has 1 unspecified atom stereocenters. The summed E-state index contributed by atoms with van der Waals surface area (Å²) >= 11 is 0. The Morgan fingerprint density at radius 3 is 2.92 bits per heavy atom. The summed E-state index contributed by atoms with van der Waals surface area (Å²) in [6.07, 6.45) is 9.00. The molecule has 2 N–H and O–H groups in total. The summed E-state index contributed by atoms with van der Waals surface area (Å²) in [7, 11) is 3.92. The monoisotopic (exact) mass is 502 g/mol. The van der Waals surface area contributed by atoms with E-state index in [2.05, 4.69) is 26.3 Å². The molecule has 3 aliphatic rings. The van der Waals surface area contributed by atoms with Gasteiger partial charge in [0, 0.05) is 30.5 Å². The number of aliphatic hydroxyl groups excluding tert-OH is 1. The van der Waals surface area contributed by atoms with Crippen molar-refractivity contribution in [2.75, 3.05) is 33.4 Å². The van der Waals surface area contributed by atoms with Gasteiger partial charge in [-0.15, -0.1) is 0 Å². The molecule has 1 saturated heterocycles. The number of aliphatic hydroxyl groups is 1. The molecule has 2 aromatic heterocycles. The highest BCUT2D eigenvalue weighted by Gasteiger charge is 2.34. The zero-order valence-electron chi connectivity index (χ0n) is 21.4. The first-order valence-corrected chi connectivity index (χ1v) is 12.7. The Morgan fingerprint density at radius 2 is 2.05 bits per heavy atom. The SMILES string of the molecule is CC1=N/[N+](=C\C2CCN(C)C[C@@H]2O)C2=C1/C=C/c1[nH]nc3ccc(cc13)-c1cnn(C)c1OCCCO2. The van der Waals surface area contributed by atoms with Gasteiger partial charge in [0.1, 0.15) is 11.3 Å². The largest absolute Gasteiger partial charge is 0.477 e. The zero-order chi connectivity index (χ0) is 25.5. The lowest BCUT2D eigenvalue weighted by Crippen LogP contribution is -2.43. The van der Waals surface area contributed by atoms with Gasteiger partial charge >= 0.3 is 5.88 Å². The highest BCUT2D eigenvalue weighted by molar-refractivity contribution is 6.03. The van der Waals surface area contributed by atoms with E-state index >= 15 is 0 Å². The molecule has 192 valence electrons. The van der Waals surface area contributed by atoms with Crippen LogP contribution in [0.2, 0.25) is 0 Å². The number of nitrogens with one attached hydrogen (secondary N) is 1. The number of H-pyrrole nitrogens is 1. The first-order valence-electron chi connectivity index (χ1n) is 12.7. The van der Waals surface area contributed by atoms with Crippen LogP contribution in [0.3, 0.4) is 0 Å². The van der Waals surface area contributed by atoms with Crippen molar-refractivity contribution in [1.82, 2.24) is 24.9 Å². The normalized spacial score (nSPS) is 24.8. The van der Waals surface area contributed by atoms with Crippen LogP contribution in [0.1, 0.15) is 25.5 Å². The highest BCUT2D eigenvalue weighted by atomic mass is 16.5. The van der Waals surface area contributed by atoms with Crippen molar-refractivity contribution in [3.05, 3.63) is 47.6 Å². The highest BCUT2D eigenvalue weighted by Crippen LogP contribution is 2.33. The fourth-order valence-electron chi connectivity index (χ4n) is 5.12. The summed E-state index contributed by atoms with van der Waals surface area (Å²) in [6, 6.07) is 6.17. The van der Waals surface area contributed by atoms with Crippen molar-refractivity contribution in [3.63, 3.8) is 0 Å². The molecule has 10 heteroatoms. The number of nitrogens with zero attached hydrogens (tertiary/aromatic N) is 6. The number of aromatic nitrogens is 4. The van der Waals surface area contributed by atoms with Gasteiger partial charge in [0.05, 0.1) is 48.2 Å². The third-order valence-electron chi connectivity index (χ3n) is 7.22. The molecule has 3 aromatic rings. The minimum atomic E-state index is -0.441. The van der Waals surface area contributed by atoms with E-state index < -0.39 is 6.10 Å². The predicted molar refractivity (Wildman–Crippen MR) is 141 cm³/mol. The van der Waals surface area contributed by atoms with Gasteiger partial charge in [-0.25, -0.2) is 4.68 Å². The average Bonchev–Trinajstić information content (AvgIpc) is 3.54. The van der Waals surface area contributed by atoms with Crippen LogP contribution in [-0.4, -0.2) is 86.1 Å². The number of hydrogen-bond acceptors (Lipinski definition) is 7. The van der Waals surface area contributed by atoms with Gasteiger partial charge in [-0.05, 0) is 61.5 Å². The lowest BCUT2D eigenvalue weighted by molar-refractivity contribution is -0.509. The number of hydrazone groups is 1. The molecular formula is C27H32N7O3+. The van der Waals surface area contributed by atoms with Crippen LogP contribution in [0.5, 0.6) is 5.88 Å². The van der Waals surface area contributed by atoms with Crippen LogP contribution < -0.4 is 4.74 Å².